The van der Waals surface area contributed by atoms with E-state index in [0.29, 0.717) is 0 Å². The van der Waals surface area contributed by atoms with Gasteiger partial charge in [-0.25, -0.2) is 0 Å². The fraction of sp³-hybridized carbons (Fsp3) is 0.611. The highest BCUT2D eigenvalue weighted by atomic mass is 127. The second-order valence-electron chi connectivity index (χ2n) is 6.71. The molecule has 0 bridgehead atoms. The van der Waals surface area contributed by atoms with E-state index in [2.05, 4.69) is 39.2 Å². The zero-order chi connectivity index (χ0) is 18.4. The molecule has 150 valence electrons. The third-order valence-corrected chi connectivity index (χ3v) is 4.42. The van der Waals surface area contributed by atoms with Crippen molar-refractivity contribution in [2.45, 2.75) is 33.9 Å². The molecule has 2 aromatic rings. The number of aryl methyl sites for hydroxylation is 2. The summed E-state index contributed by atoms with van der Waals surface area (Å²) in [6.45, 7) is 13.2. The SMILES string of the molecule is CCNC(=NCCn1cc(C)cn1)N1CCN(Cc2cc(C)on2)CC1.I. The summed E-state index contributed by atoms with van der Waals surface area (Å²) in [6.07, 6.45) is 3.93. The normalized spacial score (nSPS) is 15.7. The molecular weight excluding hydrogens is 457 g/mol. The predicted octanol–water partition coefficient (Wildman–Crippen LogP) is 1.89. The molecule has 1 saturated heterocycles. The quantitative estimate of drug-likeness (QED) is 0.381. The minimum Gasteiger partial charge on any atom is -0.361 e. The zero-order valence-corrected chi connectivity index (χ0v) is 18.7. The minimum atomic E-state index is 0. The van der Waals surface area contributed by atoms with Gasteiger partial charge in [-0.1, -0.05) is 5.16 Å². The minimum absolute atomic E-state index is 0. The van der Waals surface area contributed by atoms with Gasteiger partial charge in [0.05, 0.1) is 25.0 Å². The first-order chi connectivity index (χ1) is 12.6. The number of hydrogen-bond acceptors (Lipinski definition) is 5. The van der Waals surface area contributed by atoms with Crippen molar-refractivity contribution >= 4 is 29.9 Å². The van der Waals surface area contributed by atoms with Crippen LogP contribution in [-0.2, 0) is 13.1 Å². The Morgan fingerprint density at radius 1 is 1.26 bits per heavy atom. The lowest BCUT2D eigenvalue weighted by Gasteiger charge is -2.36. The van der Waals surface area contributed by atoms with Gasteiger partial charge < -0.3 is 14.7 Å². The maximum atomic E-state index is 5.16. The Hall–Kier alpha value is -1.62. The lowest BCUT2D eigenvalue weighted by atomic mass is 10.3. The Kier molecular flexibility index (Phi) is 8.55. The monoisotopic (exact) mass is 487 g/mol. The molecule has 0 atom stereocenters. The summed E-state index contributed by atoms with van der Waals surface area (Å²) in [5, 5.41) is 11.8. The number of hydrogen-bond donors (Lipinski definition) is 1. The van der Waals surface area contributed by atoms with Crippen LogP contribution in [0.25, 0.3) is 0 Å². The van der Waals surface area contributed by atoms with E-state index in [4.69, 9.17) is 9.52 Å². The van der Waals surface area contributed by atoms with E-state index in [0.717, 1.165) is 69.8 Å². The van der Waals surface area contributed by atoms with Gasteiger partial charge in [0, 0.05) is 51.5 Å². The number of nitrogens with one attached hydrogen (secondary N) is 1. The number of piperazine rings is 1. The summed E-state index contributed by atoms with van der Waals surface area (Å²) in [5.41, 5.74) is 2.19. The molecule has 0 aromatic carbocycles. The van der Waals surface area contributed by atoms with Crippen LogP contribution in [0.5, 0.6) is 0 Å². The fourth-order valence-electron chi connectivity index (χ4n) is 3.11. The van der Waals surface area contributed by atoms with Gasteiger partial charge in [0.25, 0.3) is 0 Å². The highest BCUT2D eigenvalue weighted by Gasteiger charge is 2.20. The molecule has 27 heavy (non-hydrogen) atoms. The van der Waals surface area contributed by atoms with Gasteiger partial charge in [-0.15, -0.1) is 24.0 Å². The fourth-order valence-corrected chi connectivity index (χ4v) is 3.11. The van der Waals surface area contributed by atoms with Gasteiger partial charge in [-0.05, 0) is 26.3 Å². The number of rotatable bonds is 6. The largest absolute Gasteiger partial charge is 0.361 e. The maximum Gasteiger partial charge on any atom is 0.194 e. The van der Waals surface area contributed by atoms with Crippen LogP contribution in [0.15, 0.2) is 28.0 Å². The van der Waals surface area contributed by atoms with Crippen molar-refractivity contribution in [3.8, 4) is 0 Å². The van der Waals surface area contributed by atoms with Crippen molar-refractivity contribution < 1.29 is 4.52 Å². The molecule has 3 rings (SSSR count). The molecule has 0 aliphatic carbocycles. The zero-order valence-electron chi connectivity index (χ0n) is 16.4. The summed E-state index contributed by atoms with van der Waals surface area (Å²) in [5.74, 6) is 1.86. The Balaban J connectivity index is 0.00000261. The summed E-state index contributed by atoms with van der Waals surface area (Å²) in [7, 11) is 0. The van der Waals surface area contributed by atoms with Crippen LogP contribution in [0.3, 0.4) is 0 Å². The second-order valence-corrected chi connectivity index (χ2v) is 6.71. The van der Waals surface area contributed by atoms with E-state index < -0.39 is 0 Å². The molecule has 1 aliphatic heterocycles. The van der Waals surface area contributed by atoms with Crippen LogP contribution >= 0.6 is 24.0 Å². The van der Waals surface area contributed by atoms with Crippen molar-refractivity contribution in [1.29, 1.82) is 0 Å². The van der Waals surface area contributed by atoms with Gasteiger partial charge >= 0.3 is 0 Å². The summed E-state index contributed by atoms with van der Waals surface area (Å²) in [4.78, 5) is 9.52. The highest BCUT2D eigenvalue weighted by Crippen LogP contribution is 2.09. The molecule has 0 saturated carbocycles. The summed E-state index contributed by atoms with van der Waals surface area (Å²) < 4.78 is 7.10. The summed E-state index contributed by atoms with van der Waals surface area (Å²) >= 11 is 0. The molecule has 1 fully saturated rings. The smallest absolute Gasteiger partial charge is 0.194 e. The molecule has 0 spiro atoms. The molecule has 0 amide bonds. The van der Waals surface area contributed by atoms with Crippen LogP contribution in [0.1, 0.15) is 23.9 Å². The second kappa shape index (κ2) is 10.6. The molecule has 1 aliphatic rings. The molecule has 0 unspecified atom stereocenters. The van der Waals surface area contributed by atoms with E-state index in [1.54, 1.807) is 0 Å². The van der Waals surface area contributed by atoms with Crippen LogP contribution in [-0.4, -0.2) is 70.0 Å². The maximum absolute atomic E-state index is 5.16. The van der Waals surface area contributed by atoms with E-state index in [1.807, 2.05) is 30.1 Å². The van der Waals surface area contributed by atoms with E-state index in [-0.39, 0.29) is 24.0 Å². The van der Waals surface area contributed by atoms with Crippen LogP contribution < -0.4 is 5.32 Å². The number of guanidine groups is 1. The van der Waals surface area contributed by atoms with Crippen LogP contribution in [0, 0.1) is 13.8 Å². The molecule has 3 heterocycles. The molecule has 0 radical (unpaired) electrons. The van der Waals surface area contributed by atoms with E-state index in [9.17, 15) is 0 Å². The number of nitrogens with zero attached hydrogens (tertiary/aromatic N) is 6. The average molecular weight is 487 g/mol. The van der Waals surface area contributed by atoms with Crippen molar-refractivity contribution in [1.82, 2.24) is 30.1 Å². The van der Waals surface area contributed by atoms with Crippen LogP contribution in [0.4, 0.5) is 0 Å². The van der Waals surface area contributed by atoms with Crippen molar-refractivity contribution in [3.05, 3.63) is 35.5 Å². The van der Waals surface area contributed by atoms with Crippen LogP contribution in [0.2, 0.25) is 0 Å². The van der Waals surface area contributed by atoms with Crippen molar-refractivity contribution in [2.24, 2.45) is 4.99 Å². The Morgan fingerprint density at radius 3 is 2.63 bits per heavy atom. The Morgan fingerprint density at radius 2 is 2.04 bits per heavy atom. The topological polar surface area (TPSA) is 74.7 Å². The third-order valence-electron chi connectivity index (χ3n) is 4.42. The lowest BCUT2D eigenvalue weighted by molar-refractivity contribution is 0.169. The lowest BCUT2D eigenvalue weighted by Crippen LogP contribution is -2.52. The molecule has 1 N–H and O–H groups in total. The van der Waals surface area contributed by atoms with Crippen molar-refractivity contribution in [3.63, 3.8) is 0 Å². The van der Waals surface area contributed by atoms with Gasteiger partial charge in [-0.3, -0.25) is 14.6 Å². The standard InChI is InChI=1S/C18H29N7O.HI/c1-4-19-18(20-5-6-25-13-15(2)12-21-25)24-9-7-23(8-10-24)14-17-11-16(3)26-22-17;/h11-13H,4-10,14H2,1-3H3,(H,19,20);1H. The highest BCUT2D eigenvalue weighted by molar-refractivity contribution is 14.0. The first kappa shape index (κ1) is 21.7. The van der Waals surface area contributed by atoms with Gasteiger partial charge in [-0.2, -0.15) is 5.10 Å². The van der Waals surface area contributed by atoms with E-state index >= 15 is 0 Å². The molecular formula is C18H30IN7O. The van der Waals surface area contributed by atoms with E-state index in [1.165, 1.54) is 5.56 Å². The number of aliphatic imine (C=N–C) groups is 1. The Labute approximate surface area is 178 Å². The summed E-state index contributed by atoms with van der Waals surface area (Å²) in [6, 6.07) is 2.01. The number of halogens is 1. The van der Waals surface area contributed by atoms with Crippen molar-refractivity contribution in [2.75, 3.05) is 39.3 Å². The molecule has 8 nitrogen and oxygen atoms in total. The Bertz CT molecular complexity index is 719. The first-order valence-electron chi connectivity index (χ1n) is 9.31. The molecule has 9 heteroatoms. The third kappa shape index (κ3) is 6.49. The van der Waals surface area contributed by atoms with Gasteiger partial charge in [0.1, 0.15) is 5.76 Å². The van der Waals surface area contributed by atoms with Gasteiger partial charge in [0.2, 0.25) is 0 Å². The predicted molar refractivity (Wildman–Crippen MR) is 116 cm³/mol. The number of aromatic nitrogens is 3. The molecule has 2 aromatic heterocycles. The average Bonchev–Trinajstić information content (AvgIpc) is 3.23. The first-order valence-corrected chi connectivity index (χ1v) is 9.31. The van der Waals surface area contributed by atoms with Gasteiger partial charge in [0.15, 0.2) is 5.96 Å².